The summed E-state index contributed by atoms with van der Waals surface area (Å²) >= 11 is 0. The van der Waals surface area contributed by atoms with E-state index in [9.17, 15) is 4.79 Å². The molecule has 3 aromatic rings. The minimum atomic E-state index is -0.514. The Morgan fingerprint density at radius 3 is 2.58 bits per heavy atom. The normalized spacial score (nSPS) is 10.2. The molecule has 0 spiro atoms. The van der Waals surface area contributed by atoms with E-state index >= 15 is 0 Å². The van der Waals surface area contributed by atoms with Gasteiger partial charge in [0.25, 0.3) is 0 Å². The molecule has 3 rings (SSSR count). The summed E-state index contributed by atoms with van der Waals surface area (Å²) in [6.45, 7) is 0.292. The van der Waals surface area contributed by atoms with Crippen LogP contribution in [0.3, 0.4) is 0 Å². The Bertz CT molecular complexity index is 797. The molecule has 122 valence electrons. The number of ether oxygens (including phenoxy) is 2. The first-order valence-electron chi connectivity index (χ1n) is 7.33. The summed E-state index contributed by atoms with van der Waals surface area (Å²) in [5.41, 5.74) is 2.29. The highest BCUT2D eigenvalue weighted by atomic mass is 16.5. The molecule has 6 nitrogen and oxygen atoms in total. The van der Waals surface area contributed by atoms with Crippen molar-refractivity contribution in [2.24, 2.45) is 0 Å². The lowest BCUT2D eigenvalue weighted by Gasteiger charge is -2.06. The van der Waals surface area contributed by atoms with Crippen molar-refractivity contribution in [3.63, 3.8) is 0 Å². The number of hydrogen-bond donors (Lipinski definition) is 1. The molecule has 0 aliphatic heterocycles. The smallest absolute Gasteiger partial charge is 0.411 e. The molecule has 1 N–H and O–H groups in total. The molecule has 1 heterocycles. The van der Waals surface area contributed by atoms with Crippen LogP contribution in [0, 0.1) is 0 Å². The van der Waals surface area contributed by atoms with Gasteiger partial charge >= 0.3 is 6.09 Å². The predicted octanol–water partition coefficient (Wildman–Crippen LogP) is 4.10. The van der Waals surface area contributed by atoms with Gasteiger partial charge in [-0.05, 0) is 24.3 Å². The second-order valence-electron chi connectivity index (χ2n) is 4.98. The monoisotopic (exact) mass is 324 g/mol. The second-order valence-corrected chi connectivity index (χ2v) is 4.98. The van der Waals surface area contributed by atoms with Crippen molar-refractivity contribution in [3.05, 3.63) is 66.4 Å². The Balaban J connectivity index is 1.58. The van der Waals surface area contributed by atoms with Crippen LogP contribution >= 0.6 is 0 Å². The maximum absolute atomic E-state index is 11.1. The van der Waals surface area contributed by atoms with Crippen molar-refractivity contribution in [2.45, 2.75) is 6.61 Å². The molecule has 1 aromatic heterocycles. The molecule has 6 heteroatoms. The van der Waals surface area contributed by atoms with Crippen molar-refractivity contribution in [1.82, 2.24) is 5.16 Å². The van der Waals surface area contributed by atoms with Crippen LogP contribution < -0.4 is 10.1 Å². The highest BCUT2D eigenvalue weighted by Gasteiger charge is 2.07. The Hall–Kier alpha value is -3.28. The minimum absolute atomic E-state index is 0.292. The number of carbonyl (C=O) groups excluding carboxylic acids is 1. The Morgan fingerprint density at radius 2 is 1.88 bits per heavy atom. The topological polar surface area (TPSA) is 73.6 Å². The van der Waals surface area contributed by atoms with Gasteiger partial charge in [0.1, 0.15) is 18.1 Å². The van der Waals surface area contributed by atoms with Crippen molar-refractivity contribution in [3.8, 4) is 17.1 Å². The Labute approximate surface area is 139 Å². The van der Waals surface area contributed by atoms with Crippen LogP contribution in [0.1, 0.15) is 5.69 Å². The molecule has 2 aromatic carbocycles. The highest BCUT2D eigenvalue weighted by Crippen LogP contribution is 2.21. The lowest BCUT2D eigenvalue weighted by molar-refractivity contribution is 0.187. The molecule has 0 saturated carbocycles. The van der Waals surface area contributed by atoms with Crippen molar-refractivity contribution in [2.75, 3.05) is 12.4 Å². The fourth-order valence-electron chi connectivity index (χ4n) is 2.08. The first-order valence-corrected chi connectivity index (χ1v) is 7.33. The third-order valence-corrected chi connectivity index (χ3v) is 3.29. The number of benzene rings is 2. The maximum Gasteiger partial charge on any atom is 0.411 e. The highest BCUT2D eigenvalue weighted by molar-refractivity contribution is 5.84. The van der Waals surface area contributed by atoms with Crippen LogP contribution in [0.4, 0.5) is 10.5 Å². The molecular weight excluding hydrogens is 308 g/mol. The molecule has 0 radical (unpaired) electrons. The van der Waals surface area contributed by atoms with Gasteiger partial charge < -0.3 is 14.0 Å². The van der Waals surface area contributed by atoms with Crippen LogP contribution in [0.5, 0.6) is 5.75 Å². The van der Waals surface area contributed by atoms with Gasteiger partial charge in [0.15, 0.2) is 5.76 Å². The molecule has 0 aliphatic rings. The Kier molecular flexibility index (Phi) is 4.76. The summed E-state index contributed by atoms with van der Waals surface area (Å²) in [4.78, 5) is 11.1. The first kappa shape index (κ1) is 15.6. The predicted molar refractivity (Wildman–Crippen MR) is 88.7 cm³/mol. The number of anilines is 1. The molecular formula is C18H16N2O4. The van der Waals surface area contributed by atoms with E-state index in [-0.39, 0.29) is 0 Å². The molecule has 0 aliphatic carbocycles. The summed E-state index contributed by atoms with van der Waals surface area (Å²) in [6, 6.07) is 18.6. The van der Waals surface area contributed by atoms with E-state index in [0.29, 0.717) is 29.5 Å². The minimum Gasteiger partial charge on any atom is -0.487 e. The van der Waals surface area contributed by atoms with E-state index in [1.807, 2.05) is 36.4 Å². The number of rotatable bonds is 5. The van der Waals surface area contributed by atoms with E-state index < -0.39 is 6.09 Å². The van der Waals surface area contributed by atoms with Crippen LogP contribution in [-0.2, 0) is 11.3 Å². The standard InChI is InChI=1S/C18H16N2O4/c1-22-18(21)19-14-7-9-16(10-8-14)23-12-15-11-17(24-20-15)13-5-3-2-4-6-13/h2-11H,12H2,1H3,(H,19,21). The summed E-state index contributed by atoms with van der Waals surface area (Å²) in [6.07, 6.45) is -0.514. The van der Waals surface area contributed by atoms with Crippen molar-refractivity contribution < 1.29 is 18.8 Å². The van der Waals surface area contributed by atoms with Crippen molar-refractivity contribution >= 4 is 11.8 Å². The van der Waals surface area contributed by atoms with Gasteiger partial charge in [0.2, 0.25) is 0 Å². The molecule has 0 fully saturated rings. The number of methoxy groups -OCH3 is 1. The average Bonchev–Trinajstić information content (AvgIpc) is 3.11. The largest absolute Gasteiger partial charge is 0.487 e. The van der Waals surface area contributed by atoms with Gasteiger partial charge in [-0.15, -0.1) is 0 Å². The summed E-state index contributed by atoms with van der Waals surface area (Å²) in [7, 11) is 1.31. The van der Waals surface area contributed by atoms with Gasteiger partial charge in [0.05, 0.1) is 7.11 Å². The third-order valence-electron chi connectivity index (χ3n) is 3.29. The lowest BCUT2D eigenvalue weighted by atomic mass is 10.2. The van der Waals surface area contributed by atoms with Gasteiger partial charge in [-0.1, -0.05) is 35.5 Å². The van der Waals surface area contributed by atoms with Crippen molar-refractivity contribution in [1.29, 1.82) is 0 Å². The van der Waals surface area contributed by atoms with E-state index in [0.717, 1.165) is 5.56 Å². The molecule has 24 heavy (non-hydrogen) atoms. The average molecular weight is 324 g/mol. The fourth-order valence-corrected chi connectivity index (χ4v) is 2.08. The fraction of sp³-hybridized carbons (Fsp3) is 0.111. The molecule has 0 atom stereocenters. The number of hydrogen-bond acceptors (Lipinski definition) is 5. The molecule has 0 unspecified atom stereocenters. The summed E-state index contributed by atoms with van der Waals surface area (Å²) in [5.74, 6) is 1.36. The lowest BCUT2D eigenvalue weighted by Crippen LogP contribution is -2.10. The van der Waals surface area contributed by atoms with Crippen LogP contribution in [0.25, 0.3) is 11.3 Å². The zero-order chi connectivity index (χ0) is 16.8. The zero-order valence-electron chi connectivity index (χ0n) is 13.1. The molecule has 0 bridgehead atoms. The van der Waals surface area contributed by atoms with Gasteiger partial charge in [-0.2, -0.15) is 0 Å². The number of amides is 1. The van der Waals surface area contributed by atoms with Gasteiger partial charge in [-0.3, -0.25) is 5.32 Å². The second kappa shape index (κ2) is 7.32. The number of nitrogens with one attached hydrogen (secondary N) is 1. The van der Waals surface area contributed by atoms with E-state index in [1.165, 1.54) is 7.11 Å². The molecule has 1 amide bonds. The maximum atomic E-state index is 11.1. The molecule has 0 saturated heterocycles. The summed E-state index contributed by atoms with van der Waals surface area (Å²) in [5, 5.41) is 6.57. The SMILES string of the molecule is COC(=O)Nc1ccc(OCc2cc(-c3ccccc3)on2)cc1. The Morgan fingerprint density at radius 1 is 1.12 bits per heavy atom. The number of carbonyl (C=O) groups is 1. The summed E-state index contributed by atoms with van der Waals surface area (Å²) < 4.78 is 15.5. The van der Waals surface area contributed by atoms with Crippen LogP contribution in [-0.4, -0.2) is 18.4 Å². The van der Waals surface area contributed by atoms with Gasteiger partial charge in [-0.25, -0.2) is 4.79 Å². The third kappa shape index (κ3) is 3.92. The van der Waals surface area contributed by atoms with Gasteiger partial charge in [0, 0.05) is 17.3 Å². The quantitative estimate of drug-likeness (QED) is 0.765. The van der Waals surface area contributed by atoms with E-state index in [4.69, 9.17) is 9.26 Å². The van der Waals surface area contributed by atoms with Crippen LogP contribution in [0.2, 0.25) is 0 Å². The van der Waals surface area contributed by atoms with Crippen LogP contribution in [0.15, 0.2) is 65.2 Å². The number of nitrogens with zero attached hydrogens (tertiary/aromatic N) is 1. The van der Waals surface area contributed by atoms with E-state index in [2.05, 4.69) is 15.2 Å². The first-order chi connectivity index (χ1) is 11.7. The zero-order valence-corrected chi connectivity index (χ0v) is 13.1. The van der Waals surface area contributed by atoms with E-state index in [1.54, 1.807) is 24.3 Å². The number of aromatic nitrogens is 1.